The molecule has 24 heavy (non-hydrogen) atoms. The van der Waals surface area contributed by atoms with E-state index in [2.05, 4.69) is 36.3 Å². The van der Waals surface area contributed by atoms with Crippen LogP contribution in [-0.2, 0) is 13.0 Å². The van der Waals surface area contributed by atoms with Crippen LogP contribution in [0.1, 0.15) is 31.4 Å². The Morgan fingerprint density at radius 2 is 1.83 bits per heavy atom. The molecule has 0 atom stereocenters. The first kappa shape index (κ1) is 25.3. The number of methoxy groups -OCH3 is 1. The Labute approximate surface area is 159 Å². The zero-order chi connectivity index (χ0) is 16.2. The van der Waals surface area contributed by atoms with E-state index >= 15 is 0 Å². The van der Waals surface area contributed by atoms with Gasteiger partial charge in [-0.3, -0.25) is 0 Å². The van der Waals surface area contributed by atoms with Gasteiger partial charge >= 0.3 is 0 Å². The highest BCUT2D eigenvalue weighted by molar-refractivity contribution is 5.85. The second kappa shape index (κ2) is 15.6. The molecule has 0 heterocycles. The summed E-state index contributed by atoms with van der Waals surface area (Å²) < 4.78 is 11.2. The molecule has 0 spiro atoms. The molecule has 4 nitrogen and oxygen atoms in total. The second-order valence-electron chi connectivity index (χ2n) is 5.10. The topological polar surface area (TPSA) is 42.5 Å². The van der Waals surface area contributed by atoms with Crippen LogP contribution in [0, 0.1) is 0 Å². The first-order chi connectivity index (χ1) is 10.8. The number of rotatable bonds is 12. The fourth-order valence-electron chi connectivity index (χ4n) is 2.34. The Morgan fingerprint density at radius 3 is 2.42 bits per heavy atom. The molecule has 0 aliphatic carbocycles. The highest BCUT2D eigenvalue weighted by Crippen LogP contribution is 2.33. The molecule has 0 saturated carbocycles. The Kier molecular flexibility index (Phi) is 16.4. The van der Waals surface area contributed by atoms with E-state index in [4.69, 9.17) is 9.47 Å². The quantitative estimate of drug-likeness (QED) is 0.429. The first-order valence-electron chi connectivity index (χ1n) is 8.11. The third-order valence-electron chi connectivity index (χ3n) is 3.35. The molecule has 0 aromatic heterocycles. The van der Waals surface area contributed by atoms with Gasteiger partial charge in [-0.1, -0.05) is 19.1 Å². The summed E-state index contributed by atoms with van der Waals surface area (Å²) in [5, 5.41) is 6.80. The van der Waals surface area contributed by atoms with E-state index < -0.39 is 0 Å². The monoisotopic (exact) mass is 378 g/mol. The molecule has 0 radical (unpaired) electrons. The van der Waals surface area contributed by atoms with E-state index in [9.17, 15) is 0 Å². The van der Waals surface area contributed by atoms with E-state index in [0.29, 0.717) is 6.61 Å². The maximum absolute atomic E-state index is 5.74. The normalized spacial score (nSPS) is 9.62. The van der Waals surface area contributed by atoms with Gasteiger partial charge in [0.25, 0.3) is 0 Å². The number of ether oxygens (including phenoxy) is 2. The molecule has 0 saturated heterocycles. The lowest BCUT2D eigenvalue weighted by molar-refractivity contribution is 0.308. The highest BCUT2D eigenvalue weighted by Gasteiger charge is 2.12. The Hall–Kier alpha value is -0.940. The van der Waals surface area contributed by atoms with Crippen molar-refractivity contribution in [1.29, 1.82) is 0 Å². The molecular formula is C18H32Cl2N2O2. The van der Waals surface area contributed by atoms with Crippen LogP contribution >= 0.6 is 24.8 Å². The minimum absolute atomic E-state index is 0. The largest absolute Gasteiger partial charge is 0.493 e. The molecule has 1 rings (SSSR count). The molecule has 0 aliphatic rings. The summed E-state index contributed by atoms with van der Waals surface area (Å²) in [6.45, 7) is 12.5. The van der Waals surface area contributed by atoms with Crippen molar-refractivity contribution in [3.05, 3.63) is 35.9 Å². The lowest BCUT2D eigenvalue weighted by Gasteiger charge is -2.16. The molecule has 140 valence electrons. The molecule has 1 aromatic rings. The molecule has 0 fully saturated rings. The summed E-state index contributed by atoms with van der Waals surface area (Å²) >= 11 is 0. The van der Waals surface area contributed by atoms with Gasteiger partial charge in [0.1, 0.15) is 0 Å². The minimum Gasteiger partial charge on any atom is -0.493 e. The summed E-state index contributed by atoms with van der Waals surface area (Å²) in [5.74, 6) is 1.63. The fourth-order valence-corrected chi connectivity index (χ4v) is 2.34. The molecule has 0 aliphatic heterocycles. The van der Waals surface area contributed by atoms with Gasteiger partial charge in [0.15, 0.2) is 11.5 Å². The van der Waals surface area contributed by atoms with E-state index in [-0.39, 0.29) is 24.8 Å². The summed E-state index contributed by atoms with van der Waals surface area (Å²) in [4.78, 5) is 0. The summed E-state index contributed by atoms with van der Waals surface area (Å²) in [5.41, 5.74) is 2.33. The van der Waals surface area contributed by atoms with Crippen molar-refractivity contribution in [2.24, 2.45) is 0 Å². The number of hydrogen-bond acceptors (Lipinski definition) is 4. The van der Waals surface area contributed by atoms with Crippen molar-refractivity contribution in [3.63, 3.8) is 0 Å². The number of allylic oxidation sites excluding steroid dienone is 1. The first-order valence-corrected chi connectivity index (χ1v) is 8.11. The van der Waals surface area contributed by atoms with Gasteiger partial charge in [-0.05, 0) is 51.0 Å². The molecule has 6 heteroatoms. The maximum Gasteiger partial charge on any atom is 0.164 e. The molecular weight excluding hydrogens is 347 g/mol. The van der Waals surface area contributed by atoms with Crippen LogP contribution in [0.2, 0.25) is 0 Å². The predicted molar refractivity (Wildman–Crippen MR) is 107 cm³/mol. The van der Waals surface area contributed by atoms with Gasteiger partial charge in [0, 0.05) is 12.1 Å². The molecule has 0 unspecified atom stereocenters. The van der Waals surface area contributed by atoms with Crippen LogP contribution in [0.4, 0.5) is 0 Å². The van der Waals surface area contributed by atoms with Crippen molar-refractivity contribution in [3.8, 4) is 11.5 Å². The Balaban J connectivity index is 0. The van der Waals surface area contributed by atoms with Gasteiger partial charge < -0.3 is 20.1 Å². The van der Waals surface area contributed by atoms with Crippen molar-refractivity contribution < 1.29 is 9.47 Å². The van der Waals surface area contributed by atoms with E-state index in [0.717, 1.165) is 56.1 Å². The van der Waals surface area contributed by atoms with Crippen LogP contribution in [0.5, 0.6) is 11.5 Å². The van der Waals surface area contributed by atoms with Crippen LogP contribution in [0.25, 0.3) is 0 Å². The maximum atomic E-state index is 5.74. The lowest BCUT2D eigenvalue weighted by Crippen LogP contribution is -2.21. The SMILES string of the molecule is C=CCc1cc(CNCCCNCC)cc(OC)c1OCC.Cl.Cl. The standard InChI is InChI=1S/C18H30N2O2.2ClH/c1-5-9-16-12-15(14-20-11-8-10-19-6-2)13-17(21-4)18(16)22-7-3;;/h5,12-13,19-20H,1,6-11,14H2,2-4H3;2*1H. The van der Waals surface area contributed by atoms with E-state index in [1.807, 2.05) is 13.0 Å². The zero-order valence-corrected chi connectivity index (χ0v) is 16.7. The molecule has 2 N–H and O–H groups in total. The van der Waals surface area contributed by atoms with E-state index in [1.54, 1.807) is 7.11 Å². The van der Waals surface area contributed by atoms with Crippen LogP contribution in [0.15, 0.2) is 24.8 Å². The van der Waals surface area contributed by atoms with Gasteiger partial charge in [0.05, 0.1) is 13.7 Å². The molecule has 0 bridgehead atoms. The molecule has 1 aromatic carbocycles. The number of nitrogens with one attached hydrogen (secondary N) is 2. The molecule has 0 amide bonds. The third kappa shape index (κ3) is 8.78. The minimum atomic E-state index is 0. The van der Waals surface area contributed by atoms with E-state index in [1.165, 1.54) is 5.56 Å². The number of hydrogen-bond donors (Lipinski definition) is 2. The summed E-state index contributed by atoms with van der Waals surface area (Å²) in [6.07, 6.45) is 3.80. The van der Waals surface area contributed by atoms with Gasteiger partial charge in [0.2, 0.25) is 0 Å². The van der Waals surface area contributed by atoms with Crippen molar-refractivity contribution in [2.45, 2.75) is 33.2 Å². The second-order valence-corrected chi connectivity index (χ2v) is 5.10. The summed E-state index contributed by atoms with van der Waals surface area (Å²) in [7, 11) is 1.68. The van der Waals surface area contributed by atoms with Crippen molar-refractivity contribution in [1.82, 2.24) is 10.6 Å². The lowest BCUT2D eigenvalue weighted by atomic mass is 10.1. The number of benzene rings is 1. The van der Waals surface area contributed by atoms with Crippen molar-refractivity contribution in [2.75, 3.05) is 33.4 Å². The van der Waals surface area contributed by atoms with Crippen LogP contribution in [0.3, 0.4) is 0 Å². The van der Waals surface area contributed by atoms with Crippen molar-refractivity contribution >= 4 is 24.8 Å². The predicted octanol–water partition coefficient (Wildman–Crippen LogP) is 3.76. The highest BCUT2D eigenvalue weighted by atomic mass is 35.5. The third-order valence-corrected chi connectivity index (χ3v) is 3.35. The average Bonchev–Trinajstić information content (AvgIpc) is 2.53. The average molecular weight is 379 g/mol. The number of halogens is 2. The Morgan fingerprint density at radius 1 is 1.12 bits per heavy atom. The smallest absolute Gasteiger partial charge is 0.164 e. The van der Waals surface area contributed by atoms with Crippen LogP contribution in [-0.4, -0.2) is 33.4 Å². The van der Waals surface area contributed by atoms with Gasteiger partial charge in [-0.15, -0.1) is 31.4 Å². The van der Waals surface area contributed by atoms with Gasteiger partial charge in [-0.2, -0.15) is 0 Å². The zero-order valence-electron chi connectivity index (χ0n) is 15.0. The Bertz CT molecular complexity index is 457. The van der Waals surface area contributed by atoms with Crippen LogP contribution < -0.4 is 20.1 Å². The fraction of sp³-hybridized carbons (Fsp3) is 0.556. The summed E-state index contributed by atoms with van der Waals surface area (Å²) in [6, 6.07) is 4.22. The van der Waals surface area contributed by atoms with Gasteiger partial charge in [-0.25, -0.2) is 0 Å².